The van der Waals surface area contributed by atoms with Crippen molar-refractivity contribution in [3.63, 3.8) is 0 Å². The third-order valence-electron chi connectivity index (χ3n) is 3.21. The Morgan fingerprint density at radius 1 is 1.23 bits per heavy atom. The molecule has 0 bridgehead atoms. The Morgan fingerprint density at radius 2 is 2.05 bits per heavy atom. The summed E-state index contributed by atoms with van der Waals surface area (Å²) < 4.78 is 10.6. The summed E-state index contributed by atoms with van der Waals surface area (Å²) in [7, 11) is 1.69. The summed E-state index contributed by atoms with van der Waals surface area (Å²) in [4.78, 5) is 4.19. The molecule has 0 saturated carbocycles. The van der Waals surface area contributed by atoms with Gasteiger partial charge in [-0.1, -0.05) is 18.2 Å². The summed E-state index contributed by atoms with van der Waals surface area (Å²) in [6.07, 6.45) is 2.58. The number of nitrogens with zero attached hydrogens (tertiary/aromatic N) is 1. The Morgan fingerprint density at radius 3 is 2.73 bits per heavy atom. The number of anilines is 1. The number of ether oxygens (including phenoxy) is 2. The molecule has 1 heterocycles. The summed E-state index contributed by atoms with van der Waals surface area (Å²) in [5, 5.41) is 12.1. The molecule has 2 N–H and O–H groups in total. The highest BCUT2D eigenvalue weighted by molar-refractivity contribution is 5.44. The van der Waals surface area contributed by atoms with E-state index < -0.39 is 0 Å². The summed E-state index contributed by atoms with van der Waals surface area (Å²) in [5.74, 6) is 1.42. The average Bonchev–Trinajstić information content (AvgIpc) is 2.54. The van der Waals surface area contributed by atoms with Crippen LogP contribution in [0.25, 0.3) is 0 Å². The number of para-hydroxylation sites is 1. The number of aliphatic hydroxyl groups excluding tert-OH is 1. The molecule has 2 rings (SSSR count). The van der Waals surface area contributed by atoms with Gasteiger partial charge in [-0.3, -0.25) is 0 Å². The van der Waals surface area contributed by atoms with E-state index in [1.165, 1.54) is 5.56 Å². The van der Waals surface area contributed by atoms with Crippen LogP contribution < -0.4 is 14.8 Å². The zero-order valence-corrected chi connectivity index (χ0v) is 13.0. The zero-order chi connectivity index (χ0) is 15.8. The minimum Gasteiger partial charge on any atom is -0.496 e. The minimum absolute atomic E-state index is 0.0162. The van der Waals surface area contributed by atoms with Gasteiger partial charge in [0.25, 0.3) is 0 Å². The molecule has 5 nitrogen and oxygen atoms in total. The number of rotatable bonds is 8. The Balaban J connectivity index is 1.92. The molecule has 5 heteroatoms. The molecular formula is C17H22N2O3. The van der Waals surface area contributed by atoms with Crippen LogP contribution in [0.3, 0.4) is 0 Å². The first-order valence-electron chi connectivity index (χ1n) is 7.31. The molecule has 0 aliphatic rings. The molecule has 1 aromatic carbocycles. The van der Waals surface area contributed by atoms with Crippen LogP contribution in [0.4, 0.5) is 5.69 Å². The third-order valence-corrected chi connectivity index (χ3v) is 3.21. The van der Waals surface area contributed by atoms with E-state index in [-0.39, 0.29) is 19.3 Å². The van der Waals surface area contributed by atoms with Crippen LogP contribution in [-0.2, 0) is 6.42 Å². The molecule has 0 amide bonds. The molecule has 0 fully saturated rings. The zero-order valence-electron chi connectivity index (χ0n) is 13.0. The number of aromatic nitrogens is 1. The molecule has 2 aromatic rings. The maximum Gasteiger partial charge on any atom is 0.213 e. The quantitative estimate of drug-likeness (QED) is 0.784. The van der Waals surface area contributed by atoms with Crippen molar-refractivity contribution < 1.29 is 14.6 Å². The monoisotopic (exact) mass is 302 g/mol. The van der Waals surface area contributed by atoms with Crippen LogP contribution in [0.1, 0.15) is 12.5 Å². The Labute approximate surface area is 130 Å². The van der Waals surface area contributed by atoms with Crippen molar-refractivity contribution in [2.75, 3.05) is 25.6 Å². The molecule has 0 saturated heterocycles. The van der Waals surface area contributed by atoms with Gasteiger partial charge in [-0.15, -0.1) is 0 Å². The van der Waals surface area contributed by atoms with Crippen molar-refractivity contribution >= 4 is 5.69 Å². The highest BCUT2D eigenvalue weighted by Gasteiger charge is 2.08. The molecule has 22 heavy (non-hydrogen) atoms. The largest absolute Gasteiger partial charge is 0.496 e. The fourth-order valence-corrected chi connectivity index (χ4v) is 2.24. The van der Waals surface area contributed by atoms with Gasteiger partial charge in [-0.05, 0) is 31.0 Å². The van der Waals surface area contributed by atoms with Crippen LogP contribution in [0.2, 0.25) is 0 Å². The van der Waals surface area contributed by atoms with Crippen molar-refractivity contribution in [2.45, 2.75) is 19.4 Å². The van der Waals surface area contributed by atoms with Crippen LogP contribution in [-0.4, -0.2) is 36.5 Å². The number of pyridine rings is 1. The standard InChI is InChI=1S/C17H22N2O3/c1-13(11-14-5-3-4-6-16(14)21-2)19-15-7-8-17(18-12-15)22-10-9-20/h3-8,12-13,19-20H,9-11H2,1-2H3. The first-order chi connectivity index (χ1) is 10.7. The number of benzene rings is 1. The van der Waals surface area contributed by atoms with Gasteiger partial charge in [-0.2, -0.15) is 0 Å². The van der Waals surface area contributed by atoms with Gasteiger partial charge >= 0.3 is 0 Å². The van der Waals surface area contributed by atoms with Gasteiger partial charge in [0, 0.05) is 12.1 Å². The fourth-order valence-electron chi connectivity index (χ4n) is 2.24. The van der Waals surface area contributed by atoms with Crippen molar-refractivity contribution in [1.82, 2.24) is 4.98 Å². The van der Waals surface area contributed by atoms with Crippen LogP contribution in [0.5, 0.6) is 11.6 Å². The van der Waals surface area contributed by atoms with Crippen molar-refractivity contribution in [3.05, 3.63) is 48.2 Å². The van der Waals surface area contributed by atoms with Gasteiger partial charge in [0.05, 0.1) is 25.6 Å². The maximum atomic E-state index is 8.71. The third kappa shape index (κ3) is 4.63. The molecule has 0 spiro atoms. The number of methoxy groups -OCH3 is 1. The van der Waals surface area contributed by atoms with Gasteiger partial charge in [0.1, 0.15) is 12.4 Å². The molecule has 1 unspecified atom stereocenters. The second kappa shape index (κ2) is 8.24. The van der Waals surface area contributed by atoms with E-state index in [0.29, 0.717) is 5.88 Å². The van der Waals surface area contributed by atoms with Gasteiger partial charge in [-0.25, -0.2) is 4.98 Å². The Kier molecular flexibility index (Phi) is 6.03. The normalized spacial score (nSPS) is 11.8. The number of aliphatic hydroxyl groups is 1. The van der Waals surface area contributed by atoms with Gasteiger partial charge < -0.3 is 19.9 Å². The minimum atomic E-state index is -0.0162. The van der Waals surface area contributed by atoms with E-state index in [2.05, 4.69) is 23.3 Å². The second-order valence-corrected chi connectivity index (χ2v) is 5.02. The van der Waals surface area contributed by atoms with Crippen LogP contribution in [0, 0.1) is 0 Å². The van der Waals surface area contributed by atoms with E-state index in [1.807, 2.05) is 24.3 Å². The number of hydrogen-bond donors (Lipinski definition) is 2. The van der Waals surface area contributed by atoms with Crippen LogP contribution in [0.15, 0.2) is 42.6 Å². The molecule has 0 aliphatic heterocycles. The topological polar surface area (TPSA) is 63.6 Å². The lowest BCUT2D eigenvalue weighted by atomic mass is 10.1. The predicted octanol–water partition coefficient (Wildman–Crippen LogP) is 2.50. The summed E-state index contributed by atoms with van der Waals surface area (Å²) >= 11 is 0. The summed E-state index contributed by atoms with van der Waals surface area (Å²) in [5.41, 5.74) is 2.10. The highest BCUT2D eigenvalue weighted by Crippen LogP contribution is 2.20. The maximum absolute atomic E-state index is 8.71. The smallest absolute Gasteiger partial charge is 0.213 e. The van der Waals surface area contributed by atoms with Crippen molar-refractivity contribution in [2.24, 2.45) is 0 Å². The van der Waals surface area contributed by atoms with E-state index >= 15 is 0 Å². The molecule has 1 aromatic heterocycles. The van der Waals surface area contributed by atoms with E-state index in [1.54, 1.807) is 19.4 Å². The first kappa shape index (κ1) is 16.1. The molecule has 0 aliphatic carbocycles. The lowest BCUT2D eigenvalue weighted by Crippen LogP contribution is -2.18. The van der Waals surface area contributed by atoms with Crippen molar-refractivity contribution in [1.29, 1.82) is 0 Å². The Bertz CT molecular complexity index is 572. The van der Waals surface area contributed by atoms with E-state index in [4.69, 9.17) is 14.6 Å². The second-order valence-electron chi connectivity index (χ2n) is 5.02. The fraction of sp³-hybridized carbons (Fsp3) is 0.353. The highest BCUT2D eigenvalue weighted by atomic mass is 16.5. The first-order valence-corrected chi connectivity index (χ1v) is 7.31. The molecule has 0 radical (unpaired) electrons. The lowest BCUT2D eigenvalue weighted by molar-refractivity contribution is 0.196. The Hall–Kier alpha value is -2.27. The van der Waals surface area contributed by atoms with E-state index in [9.17, 15) is 0 Å². The summed E-state index contributed by atoms with van der Waals surface area (Å²) in [6.45, 7) is 2.35. The van der Waals surface area contributed by atoms with Crippen LogP contribution >= 0.6 is 0 Å². The SMILES string of the molecule is COc1ccccc1CC(C)Nc1ccc(OCCO)nc1. The van der Waals surface area contributed by atoms with Crippen molar-refractivity contribution in [3.8, 4) is 11.6 Å². The predicted molar refractivity (Wildman–Crippen MR) is 86.6 cm³/mol. The van der Waals surface area contributed by atoms with Gasteiger partial charge in [0.2, 0.25) is 5.88 Å². The molecule has 1 atom stereocenters. The number of nitrogens with one attached hydrogen (secondary N) is 1. The number of hydrogen-bond acceptors (Lipinski definition) is 5. The molecule has 118 valence electrons. The summed E-state index contributed by atoms with van der Waals surface area (Å²) in [6, 6.07) is 12.0. The average molecular weight is 302 g/mol. The lowest BCUT2D eigenvalue weighted by Gasteiger charge is -2.17. The van der Waals surface area contributed by atoms with Gasteiger partial charge in [0.15, 0.2) is 0 Å². The van der Waals surface area contributed by atoms with E-state index in [0.717, 1.165) is 17.9 Å². The molecular weight excluding hydrogens is 280 g/mol.